The first kappa shape index (κ1) is 27.0. The van der Waals surface area contributed by atoms with Crippen LogP contribution in [-0.2, 0) is 23.4 Å². The van der Waals surface area contributed by atoms with E-state index in [1.165, 1.54) is 11.4 Å². The van der Waals surface area contributed by atoms with Crippen molar-refractivity contribution in [2.45, 2.75) is 66.5 Å². The highest BCUT2D eigenvalue weighted by molar-refractivity contribution is 8.56. The smallest absolute Gasteiger partial charge is 0.311 e. The molecule has 29 heavy (non-hydrogen) atoms. The molecule has 0 saturated carbocycles. The van der Waals surface area contributed by atoms with E-state index in [9.17, 15) is 9.36 Å². The number of carbonyl (C=O) groups excluding carboxylic acids is 1. The average molecular weight is 452 g/mol. The molecule has 1 fully saturated rings. The zero-order valence-corrected chi connectivity index (χ0v) is 21.0. The Hall–Kier alpha value is -0.0700. The Morgan fingerprint density at radius 1 is 1.21 bits per heavy atom. The molecule has 2 unspecified atom stereocenters. The monoisotopic (exact) mass is 451 g/mol. The molecule has 0 radical (unpaired) electrons. The van der Waals surface area contributed by atoms with Crippen molar-refractivity contribution < 1.29 is 23.4 Å². The fourth-order valence-corrected chi connectivity index (χ4v) is 9.04. The maximum Gasteiger partial charge on any atom is 0.311 e. The minimum absolute atomic E-state index is 0.0275. The number of rotatable bonds is 14. The third-order valence-corrected chi connectivity index (χ3v) is 11.1. The van der Waals surface area contributed by atoms with Gasteiger partial charge in [0.25, 0.3) is 6.57 Å². The van der Waals surface area contributed by atoms with Gasteiger partial charge in [-0.2, -0.15) is 0 Å². The molecule has 0 N–H and O–H groups in total. The molecule has 8 heteroatoms. The van der Waals surface area contributed by atoms with Gasteiger partial charge in [-0.25, -0.2) is 0 Å². The summed E-state index contributed by atoms with van der Waals surface area (Å²) in [7, 11) is 0. The average Bonchev–Trinajstić information content (AvgIpc) is 2.69. The van der Waals surface area contributed by atoms with E-state index in [1.54, 1.807) is 0 Å². The van der Waals surface area contributed by atoms with Crippen LogP contribution in [0.15, 0.2) is 0 Å². The summed E-state index contributed by atoms with van der Waals surface area (Å²) in [5, 5.41) is 0. The lowest BCUT2D eigenvalue weighted by molar-refractivity contribution is -0.153. The highest BCUT2D eigenvalue weighted by Crippen LogP contribution is 2.66. The molecule has 172 valence electrons. The first-order chi connectivity index (χ1) is 13.7. The summed E-state index contributed by atoms with van der Waals surface area (Å²) in [5.74, 6) is 0.596. The minimum Gasteiger partial charge on any atom is -0.464 e. The molecule has 6 nitrogen and oxygen atoms in total. The largest absolute Gasteiger partial charge is 0.464 e. The van der Waals surface area contributed by atoms with E-state index < -0.39 is 12.0 Å². The molecule has 1 heterocycles. The Bertz CT molecular complexity index is 523. The lowest BCUT2D eigenvalue weighted by Gasteiger charge is -2.30. The molecule has 0 aromatic rings. The first-order valence-electron chi connectivity index (χ1n) is 11.0. The highest BCUT2D eigenvalue weighted by atomic mass is 32.7. The van der Waals surface area contributed by atoms with Gasteiger partial charge in [0.15, 0.2) is 0 Å². The van der Waals surface area contributed by atoms with E-state index in [1.807, 2.05) is 20.8 Å². The number of hydrogen-bond donors (Lipinski definition) is 0. The molecular formula is C21H42NO5PS. The van der Waals surface area contributed by atoms with Crippen molar-refractivity contribution in [3.05, 3.63) is 0 Å². The van der Waals surface area contributed by atoms with Crippen LogP contribution in [0.3, 0.4) is 0 Å². The van der Waals surface area contributed by atoms with Gasteiger partial charge >= 0.3 is 5.97 Å². The lowest BCUT2D eigenvalue weighted by atomic mass is 9.89. The Kier molecular flexibility index (Phi) is 12.4. The van der Waals surface area contributed by atoms with Gasteiger partial charge in [-0.15, -0.1) is 0 Å². The van der Waals surface area contributed by atoms with Crippen molar-refractivity contribution in [1.82, 2.24) is 4.90 Å². The van der Waals surface area contributed by atoms with E-state index in [2.05, 4.69) is 25.7 Å². The van der Waals surface area contributed by atoms with Crippen LogP contribution in [0.5, 0.6) is 0 Å². The topological polar surface area (TPSA) is 65.1 Å². The summed E-state index contributed by atoms with van der Waals surface area (Å²) in [6.07, 6.45) is 2.41. The van der Waals surface area contributed by atoms with Crippen LogP contribution in [0.4, 0.5) is 0 Å². The van der Waals surface area contributed by atoms with E-state index >= 15 is 0 Å². The van der Waals surface area contributed by atoms with Gasteiger partial charge in [0, 0.05) is 24.5 Å². The molecule has 0 aliphatic carbocycles. The molecule has 1 aliphatic rings. The predicted octanol–water partition coefficient (Wildman–Crippen LogP) is 5.07. The van der Waals surface area contributed by atoms with E-state index in [4.69, 9.17) is 14.0 Å². The number of ether oxygens (including phenoxy) is 2. The maximum atomic E-state index is 13.4. The Balaban J connectivity index is 2.47. The number of carbonyl (C=O) groups is 1. The van der Waals surface area contributed by atoms with Gasteiger partial charge in [-0.05, 0) is 45.6 Å². The molecule has 1 rings (SSSR count). The molecule has 1 saturated heterocycles. The summed E-state index contributed by atoms with van der Waals surface area (Å²) >= 11 is 1.35. The number of morpholine rings is 1. The normalized spacial score (nSPS) is 19.1. The Labute approximate surface area is 182 Å². The van der Waals surface area contributed by atoms with Gasteiger partial charge in [0.1, 0.15) is 6.61 Å². The van der Waals surface area contributed by atoms with Gasteiger partial charge in [0.05, 0.1) is 25.2 Å². The molecule has 0 spiro atoms. The fraction of sp³-hybridized carbons (Fsp3) is 0.952. The number of nitrogens with zero attached hydrogens (tertiary/aromatic N) is 1. The van der Waals surface area contributed by atoms with E-state index in [0.717, 1.165) is 52.1 Å². The van der Waals surface area contributed by atoms with Crippen LogP contribution in [0.1, 0.15) is 60.8 Å². The first-order valence-corrected chi connectivity index (χ1v) is 14.3. The second-order valence-corrected chi connectivity index (χ2v) is 13.6. The third-order valence-electron chi connectivity index (χ3n) is 5.37. The Morgan fingerprint density at radius 2 is 1.86 bits per heavy atom. The van der Waals surface area contributed by atoms with Gasteiger partial charge in [0.2, 0.25) is 0 Å². The Morgan fingerprint density at radius 3 is 2.41 bits per heavy atom. The molecule has 0 aromatic heterocycles. The van der Waals surface area contributed by atoms with E-state index in [0.29, 0.717) is 12.4 Å². The van der Waals surface area contributed by atoms with Crippen molar-refractivity contribution >= 4 is 23.9 Å². The second-order valence-electron chi connectivity index (χ2n) is 8.65. The van der Waals surface area contributed by atoms with Crippen LogP contribution >= 0.6 is 18.0 Å². The maximum absolute atomic E-state index is 13.4. The molecule has 0 bridgehead atoms. The van der Waals surface area contributed by atoms with Crippen molar-refractivity contribution in [1.29, 1.82) is 0 Å². The zero-order chi connectivity index (χ0) is 21.9. The summed E-state index contributed by atoms with van der Waals surface area (Å²) in [6, 6.07) is 0. The summed E-state index contributed by atoms with van der Waals surface area (Å²) in [4.78, 5) is 14.9. The quantitative estimate of drug-likeness (QED) is 0.208. The van der Waals surface area contributed by atoms with Gasteiger partial charge in [-0.1, -0.05) is 39.1 Å². The van der Waals surface area contributed by atoms with Crippen LogP contribution < -0.4 is 0 Å². The summed E-state index contributed by atoms with van der Waals surface area (Å²) in [5.41, 5.74) is -0.505. The van der Waals surface area contributed by atoms with Crippen molar-refractivity contribution in [2.24, 2.45) is 11.3 Å². The zero-order valence-electron chi connectivity index (χ0n) is 19.3. The summed E-state index contributed by atoms with van der Waals surface area (Å²) in [6.45, 7) is 14.3. The van der Waals surface area contributed by atoms with Crippen LogP contribution in [0.2, 0.25) is 0 Å². The molecule has 2 atom stereocenters. The van der Waals surface area contributed by atoms with Crippen LogP contribution in [0, 0.1) is 11.3 Å². The minimum atomic E-state index is -2.83. The number of esters is 1. The van der Waals surface area contributed by atoms with Crippen LogP contribution in [0.25, 0.3) is 0 Å². The fourth-order valence-electron chi connectivity index (χ4n) is 3.37. The van der Waals surface area contributed by atoms with Crippen molar-refractivity contribution in [2.75, 3.05) is 51.8 Å². The third kappa shape index (κ3) is 9.30. The highest BCUT2D eigenvalue weighted by Gasteiger charge is 2.36. The van der Waals surface area contributed by atoms with E-state index in [-0.39, 0.29) is 24.2 Å². The standard InChI is InChI=1S/C21H42NO5PS/c1-7-13-27-28(24,19(8-2)18(3)4)29-17-16-26-20(23)21(5,6)9-10-22-11-14-25-15-12-22/h18-19H,7-17H2,1-6H3. The van der Waals surface area contributed by atoms with Gasteiger partial charge in [-0.3, -0.25) is 14.3 Å². The lowest BCUT2D eigenvalue weighted by Crippen LogP contribution is -2.39. The number of hydrogen-bond acceptors (Lipinski definition) is 7. The SMILES string of the molecule is CCCOP(=O)(SCCOC(=O)C(C)(C)CCN1CCOCC1)C(CC)C(C)C. The van der Waals surface area contributed by atoms with Crippen molar-refractivity contribution in [3.8, 4) is 0 Å². The molecular weight excluding hydrogens is 409 g/mol. The van der Waals surface area contributed by atoms with Crippen molar-refractivity contribution in [3.63, 3.8) is 0 Å². The predicted molar refractivity (Wildman–Crippen MR) is 122 cm³/mol. The van der Waals surface area contributed by atoms with Crippen LogP contribution in [-0.4, -0.2) is 68.3 Å². The summed E-state index contributed by atoms with van der Waals surface area (Å²) < 4.78 is 30.2. The molecule has 1 aliphatic heterocycles. The second kappa shape index (κ2) is 13.4. The molecule has 0 aromatic carbocycles. The molecule has 0 amide bonds. The van der Waals surface area contributed by atoms with Gasteiger partial charge < -0.3 is 14.0 Å².